The Kier molecular flexibility index (Phi) is 7.10. The average Bonchev–Trinajstić information content (AvgIpc) is 2.76. The highest BCUT2D eigenvalue weighted by Gasteiger charge is 2.05. The molecule has 0 aliphatic heterocycles. The fourth-order valence-electron chi connectivity index (χ4n) is 2.71. The molecule has 3 heteroatoms. The van der Waals surface area contributed by atoms with Crippen molar-refractivity contribution in [3.8, 4) is 11.5 Å². The molecule has 0 aliphatic rings. The monoisotopic (exact) mass is 434 g/mol. The number of rotatable bonds is 9. The summed E-state index contributed by atoms with van der Waals surface area (Å²) in [5, 5.41) is 0.739. The first kappa shape index (κ1) is 20.0. The third-order valence-electron chi connectivity index (χ3n) is 4.34. The minimum atomic E-state index is 0.506. The summed E-state index contributed by atoms with van der Waals surface area (Å²) >= 11 is 3.52. The molecule has 0 fully saturated rings. The molecular formula is C25H23BrO2. The normalized spacial score (nSPS) is 10.3. The molecule has 0 atom stereocenters. The summed E-state index contributed by atoms with van der Waals surface area (Å²) in [7, 11) is 0. The number of halogens is 1. The molecule has 0 spiro atoms. The van der Waals surface area contributed by atoms with Crippen molar-refractivity contribution in [2.75, 3.05) is 0 Å². The van der Waals surface area contributed by atoms with E-state index in [-0.39, 0.29) is 0 Å². The summed E-state index contributed by atoms with van der Waals surface area (Å²) in [6.45, 7) is 8.57. The fourth-order valence-corrected chi connectivity index (χ4v) is 3.03. The van der Waals surface area contributed by atoms with Crippen molar-refractivity contribution >= 4 is 28.1 Å². The number of ether oxygens (including phenoxy) is 2. The molecule has 0 aromatic heterocycles. The minimum Gasteiger partial charge on any atom is -0.489 e. The van der Waals surface area contributed by atoms with E-state index in [4.69, 9.17) is 9.47 Å². The van der Waals surface area contributed by atoms with E-state index in [9.17, 15) is 0 Å². The van der Waals surface area contributed by atoms with Crippen LogP contribution in [-0.2, 0) is 18.5 Å². The Hall–Kier alpha value is -2.78. The average molecular weight is 435 g/mol. The molecule has 0 amide bonds. The number of alkyl halides is 1. The van der Waals surface area contributed by atoms with Crippen molar-refractivity contribution < 1.29 is 9.47 Å². The molecule has 0 radical (unpaired) electrons. The Balaban J connectivity index is 1.66. The molecule has 2 nitrogen and oxygen atoms in total. The summed E-state index contributed by atoms with van der Waals surface area (Å²) < 4.78 is 12.0. The third kappa shape index (κ3) is 5.61. The van der Waals surface area contributed by atoms with Gasteiger partial charge in [-0.2, -0.15) is 0 Å². The molecule has 3 rings (SSSR count). The summed E-state index contributed by atoms with van der Waals surface area (Å²) in [4.78, 5) is 0. The quantitative estimate of drug-likeness (QED) is 0.336. The molecule has 0 bridgehead atoms. The lowest BCUT2D eigenvalue weighted by Gasteiger charge is -2.12. The molecular weight excluding hydrogens is 412 g/mol. The van der Waals surface area contributed by atoms with Crippen LogP contribution in [0.5, 0.6) is 11.5 Å². The lowest BCUT2D eigenvalue weighted by atomic mass is 10.1. The van der Waals surface area contributed by atoms with Crippen LogP contribution >= 0.6 is 15.9 Å². The summed E-state index contributed by atoms with van der Waals surface area (Å²) in [5.74, 6) is 1.59. The third-order valence-corrected chi connectivity index (χ3v) is 4.98. The van der Waals surface area contributed by atoms with Gasteiger partial charge in [0.2, 0.25) is 0 Å². The molecule has 28 heavy (non-hydrogen) atoms. The Morgan fingerprint density at radius 3 is 1.43 bits per heavy atom. The van der Waals surface area contributed by atoms with Gasteiger partial charge < -0.3 is 9.47 Å². The van der Waals surface area contributed by atoms with Crippen LogP contribution in [0, 0.1) is 0 Å². The Morgan fingerprint density at radius 2 is 1.07 bits per heavy atom. The van der Waals surface area contributed by atoms with Crippen molar-refractivity contribution in [1.29, 1.82) is 0 Å². The van der Waals surface area contributed by atoms with Gasteiger partial charge in [0.1, 0.15) is 24.7 Å². The van der Waals surface area contributed by atoms with Crippen molar-refractivity contribution in [3.63, 3.8) is 0 Å². The second-order valence-electron chi connectivity index (χ2n) is 6.42. The number of hydrogen-bond donors (Lipinski definition) is 0. The molecule has 0 heterocycles. The second kappa shape index (κ2) is 9.95. The Labute approximate surface area is 175 Å². The van der Waals surface area contributed by atoms with Gasteiger partial charge in [-0.15, -0.1) is 0 Å². The predicted octanol–water partition coefficient (Wildman–Crippen LogP) is 7.03. The number of benzene rings is 3. The van der Waals surface area contributed by atoms with Gasteiger partial charge in [-0.25, -0.2) is 0 Å². The van der Waals surface area contributed by atoms with Gasteiger partial charge >= 0.3 is 0 Å². The van der Waals surface area contributed by atoms with Crippen molar-refractivity contribution in [1.82, 2.24) is 0 Å². The number of hydrogen-bond acceptors (Lipinski definition) is 2. The van der Waals surface area contributed by atoms with E-state index in [2.05, 4.69) is 53.4 Å². The van der Waals surface area contributed by atoms with Gasteiger partial charge in [0.15, 0.2) is 0 Å². The molecule has 3 aromatic carbocycles. The van der Waals surface area contributed by atoms with E-state index < -0.39 is 0 Å². The van der Waals surface area contributed by atoms with E-state index in [0.717, 1.165) is 44.6 Å². The minimum absolute atomic E-state index is 0.506. The van der Waals surface area contributed by atoms with Crippen LogP contribution < -0.4 is 9.47 Å². The van der Waals surface area contributed by atoms with E-state index in [0.29, 0.717) is 13.2 Å². The lowest BCUT2D eigenvalue weighted by Crippen LogP contribution is -1.99. The predicted molar refractivity (Wildman–Crippen MR) is 121 cm³/mol. The molecule has 0 aliphatic carbocycles. The zero-order valence-corrected chi connectivity index (χ0v) is 17.3. The molecule has 0 unspecified atom stereocenters. The maximum Gasteiger partial charge on any atom is 0.123 e. The lowest BCUT2D eigenvalue weighted by molar-refractivity contribution is 0.289. The van der Waals surface area contributed by atoms with E-state index >= 15 is 0 Å². The van der Waals surface area contributed by atoms with Crippen LogP contribution in [0.25, 0.3) is 12.2 Å². The van der Waals surface area contributed by atoms with Crippen LogP contribution in [0.4, 0.5) is 0 Å². The maximum atomic E-state index is 5.99. The van der Waals surface area contributed by atoms with Gasteiger partial charge in [0.25, 0.3) is 0 Å². The van der Waals surface area contributed by atoms with Crippen LogP contribution in [0.3, 0.4) is 0 Å². The largest absolute Gasteiger partial charge is 0.489 e. The second-order valence-corrected chi connectivity index (χ2v) is 6.98. The van der Waals surface area contributed by atoms with Gasteiger partial charge in [0.05, 0.1) is 0 Å². The zero-order valence-electron chi connectivity index (χ0n) is 15.7. The summed E-state index contributed by atoms with van der Waals surface area (Å²) in [6.07, 6.45) is 3.66. The maximum absolute atomic E-state index is 5.99. The fraction of sp³-hybridized carbons (Fsp3) is 0.120. The highest BCUT2D eigenvalue weighted by Crippen LogP contribution is 2.26. The summed E-state index contributed by atoms with van der Waals surface area (Å²) in [5.41, 5.74) is 5.53. The van der Waals surface area contributed by atoms with E-state index in [1.54, 1.807) is 0 Å². The SMILES string of the molecule is C=Cc1ccc(COc2cc(CBr)cc(OCc3ccc(C=C)cc3)c2)cc1. The zero-order chi connectivity index (χ0) is 19.8. The van der Waals surface area contributed by atoms with Gasteiger partial charge in [-0.05, 0) is 39.9 Å². The molecule has 142 valence electrons. The van der Waals surface area contributed by atoms with E-state index in [1.165, 1.54) is 0 Å². The van der Waals surface area contributed by atoms with Crippen LogP contribution in [0.15, 0.2) is 79.9 Å². The van der Waals surface area contributed by atoms with Crippen molar-refractivity contribution in [2.45, 2.75) is 18.5 Å². The first-order valence-corrected chi connectivity index (χ1v) is 10.2. The van der Waals surface area contributed by atoms with Crippen molar-refractivity contribution in [3.05, 3.63) is 108 Å². The van der Waals surface area contributed by atoms with E-state index in [1.807, 2.05) is 54.6 Å². The molecule has 0 saturated heterocycles. The van der Waals surface area contributed by atoms with Gasteiger partial charge in [0, 0.05) is 11.4 Å². The first-order chi connectivity index (χ1) is 13.7. The standard InChI is InChI=1S/C25H23BrO2/c1-3-19-5-9-21(10-6-19)17-27-24-13-23(16-26)14-25(15-24)28-18-22-11-7-20(4-2)8-12-22/h3-15H,1-2,16-18H2. The molecule has 3 aromatic rings. The first-order valence-electron chi connectivity index (χ1n) is 9.08. The Bertz CT molecular complexity index is 854. The van der Waals surface area contributed by atoms with Gasteiger partial charge in [-0.3, -0.25) is 0 Å². The van der Waals surface area contributed by atoms with Crippen LogP contribution in [0.2, 0.25) is 0 Å². The highest BCUT2D eigenvalue weighted by molar-refractivity contribution is 9.08. The van der Waals surface area contributed by atoms with Crippen molar-refractivity contribution in [2.24, 2.45) is 0 Å². The van der Waals surface area contributed by atoms with Crippen LogP contribution in [-0.4, -0.2) is 0 Å². The van der Waals surface area contributed by atoms with Crippen LogP contribution in [0.1, 0.15) is 27.8 Å². The highest BCUT2D eigenvalue weighted by atomic mass is 79.9. The summed E-state index contributed by atoms with van der Waals surface area (Å²) in [6, 6.07) is 22.3. The topological polar surface area (TPSA) is 18.5 Å². The van der Waals surface area contributed by atoms with Gasteiger partial charge in [-0.1, -0.05) is 89.8 Å². The molecule has 0 saturated carbocycles. The Morgan fingerprint density at radius 1 is 0.643 bits per heavy atom. The smallest absolute Gasteiger partial charge is 0.123 e. The molecule has 0 N–H and O–H groups in total.